The molecule has 110 valence electrons. The van der Waals surface area contributed by atoms with Crippen molar-refractivity contribution in [2.24, 2.45) is 0 Å². The molecule has 3 nitrogen and oxygen atoms in total. The molecule has 0 fully saturated rings. The van der Waals surface area contributed by atoms with E-state index in [0.717, 1.165) is 29.4 Å². The van der Waals surface area contributed by atoms with E-state index in [9.17, 15) is 4.79 Å². The molecule has 0 spiro atoms. The molecule has 0 unspecified atom stereocenters. The fourth-order valence-corrected chi connectivity index (χ4v) is 3.30. The molecular weight excluding hydrogens is 274 g/mol. The number of rotatable bonds is 2. The number of aryl methyl sites for hydroxylation is 1. The lowest BCUT2D eigenvalue weighted by molar-refractivity contribution is 0.0912. The highest BCUT2D eigenvalue weighted by atomic mass is 16.3. The first-order valence-electron chi connectivity index (χ1n) is 7.58. The van der Waals surface area contributed by atoms with Gasteiger partial charge in [-0.1, -0.05) is 42.5 Å². The van der Waals surface area contributed by atoms with Gasteiger partial charge in [-0.2, -0.15) is 0 Å². The molecule has 0 bridgehead atoms. The zero-order valence-electron chi connectivity index (χ0n) is 12.4. The number of amides is 1. The van der Waals surface area contributed by atoms with Crippen LogP contribution < -0.4 is 5.32 Å². The van der Waals surface area contributed by atoms with Crippen molar-refractivity contribution in [3.63, 3.8) is 0 Å². The maximum absolute atomic E-state index is 12.5. The summed E-state index contributed by atoms with van der Waals surface area (Å²) >= 11 is 0. The Hall–Kier alpha value is -2.55. The molecule has 1 aliphatic carbocycles. The Morgan fingerprint density at radius 2 is 1.68 bits per heavy atom. The number of furan rings is 1. The van der Waals surface area contributed by atoms with Gasteiger partial charge in [-0.15, -0.1) is 0 Å². The van der Waals surface area contributed by atoms with Crippen LogP contribution in [0.25, 0.3) is 11.0 Å². The molecule has 2 aromatic carbocycles. The van der Waals surface area contributed by atoms with Gasteiger partial charge in [0.25, 0.3) is 5.91 Å². The first-order chi connectivity index (χ1) is 10.7. The highest BCUT2D eigenvalue weighted by Gasteiger charge is 2.25. The maximum atomic E-state index is 12.5. The van der Waals surface area contributed by atoms with Crippen LogP contribution in [0.4, 0.5) is 0 Å². The van der Waals surface area contributed by atoms with Gasteiger partial charge >= 0.3 is 0 Å². The molecule has 3 heteroatoms. The second-order valence-corrected chi connectivity index (χ2v) is 5.90. The zero-order chi connectivity index (χ0) is 15.1. The van der Waals surface area contributed by atoms with Crippen molar-refractivity contribution in [1.82, 2.24) is 5.32 Å². The van der Waals surface area contributed by atoms with Crippen LogP contribution in [0.1, 0.15) is 27.2 Å². The highest BCUT2D eigenvalue weighted by molar-refractivity contribution is 5.99. The Bertz CT molecular complexity index is 838. The minimum atomic E-state index is -0.119. The Kier molecular flexibility index (Phi) is 3.00. The fourth-order valence-electron chi connectivity index (χ4n) is 3.30. The summed E-state index contributed by atoms with van der Waals surface area (Å²) < 4.78 is 5.74. The first-order valence-corrected chi connectivity index (χ1v) is 7.58. The molecule has 1 heterocycles. The van der Waals surface area contributed by atoms with E-state index in [1.165, 1.54) is 11.1 Å². The third-order valence-electron chi connectivity index (χ3n) is 4.44. The summed E-state index contributed by atoms with van der Waals surface area (Å²) in [6.07, 6.45) is 1.78. The lowest BCUT2D eigenvalue weighted by atomic mass is 10.1. The summed E-state index contributed by atoms with van der Waals surface area (Å²) in [5, 5.41) is 4.11. The monoisotopic (exact) mass is 291 g/mol. The Labute approximate surface area is 128 Å². The van der Waals surface area contributed by atoms with Crippen molar-refractivity contribution in [2.75, 3.05) is 0 Å². The fraction of sp³-hybridized carbons (Fsp3) is 0.211. The number of carbonyl (C=O) groups excluding carboxylic acids is 1. The molecule has 0 aliphatic heterocycles. The van der Waals surface area contributed by atoms with Crippen LogP contribution in [0.15, 0.2) is 52.9 Å². The molecule has 1 aliphatic rings. The first kappa shape index (κ1) is 13.1. The molecule has 22 heavy (non-hydrogen) atoms. The van der Waals surface area contributed by atoms with Gasteiger partial charge in [0.15, 0.2) is 5.76 Å². The number of benzene rings is 2. The summed E-state index contributed by atoms with van der Waals surface area (Å²) in [6.45, 7) is 1.93. The normalized spacial score (nSPS) is 14.2. The third kappa shape index (κ3) is 2.10. The van der Waals surface area contributed by atoms with Crippen molar-refractivity contribution in [1.29, 1.82) is 0 Å². The quantitative estimate of drug-likeness (QED) is 0.783. The van der Waals surface area contributed by atoms with Crippen LogP contribution >= 0.6 is 0 Å². The summed E-state index contributed by atoms with van der Waals surface area (Å²) in [6, 6.07) is 16.3. The van der Waals surface area contributed by atoms with E-state index in [2.05, 4.69) is 17.4 Å². The van der Waals surface area contributed by atoms with Gasteiger partial charge in [0.05, 0.1) is 0 Å². The number of fused-ring (bicyclic) bond motifs is 2. The van der Waals surface area contributed by atoms with Gasteiger partial charge in [-0.25, -0.2) is 0 Å². The van der Waals surface area contributed by atoms with Crippen molar-refractivity contribution in [3.05, 3.63) is 71.0 Å². The van der Waals surface area contributed by atoms with E-state index >= 15 is 0 Å². The SMILES string of the molecule is Cc1c(C(=O)NC2Cc3ccccc3C2)oc2ccccc12. The molecule has 0 atom stereocenters. The van der Waals surface area contributed by atoms with Gasteiger partial charge < -0.3 is 9.73 Å². The predicted octanol–water partition coefficient (Wildman–Crippen LogP) is 3.64. The summed E-state index contributed by atoms with van der Waals surface area (Å²) in [7, 11) is 0. The van der Waals surface area contributed by atoms with Crippen molar-refractivity contribution >= 4 is 16.9 Å². The Balaban J connectivity index is 1.56. The van der Waals surface area contributed by atoms with E-state index < -0.39 is 0 Å². The third-order valence-corrected chi connectivity index (χ3v) is 4.44. The maximum Gasteiger partial charge on any atom is 0.287 e. The van der Waals surface area contributed by atoms with E-state index in [1.54, 1.807) is 0 Å². The van der Waals surface area contributed by atoms with Crippen LogP contribution in [-0.2, 0) is 12.8 Å². The van der Waals surface area contributed by atoms with Gasteiger partial charge in [0, 0.05) is 17.0 Å². The van der Waals surface area contributed by atoms with Crippen molar-refractivity contribution in [2.45, 2.75) is 25.8 Å². The Morgan fingerprint density at radius 3 is 2.36 bits per heavy atom. The van der Waals surface area contributed by atoms with E-state index in [-0.39, 0.29) is 11.9 Å². The average molecular weight is 291 g/mol. The van der Waals surface area contributed by atoms with Gasteiger partial charge in [-0.3, -0.25) is 4.79 Å². The summed E-state index contributed by atoms with van der Waals surface area (Å²) in [4.78, 5) is 12.5. The van der Waals surface area contributed by atoms with Crippen LogP contribution in [0.2, 0.25) is 0 Å². The summed E-state index contributed by atoms with van der Waals surface area (Å²) in [5.74, 6) is 0.309. The molecule has 4 rings (SSSR count). The molecule has 1 aromatic heterocycles. The second-order valence-electron chi connectivity index (χ2n) is 5.90. The number of carbonyl (C=O) groups is 1. The second kappa shape index (κ2) is 5.02. The largest absolute Gasteiger partial charge is 0.451 e. The molecule has 3 aromatic rings. The molecule has 0 saturated heterocycles. The van der Waals surface area contributed by atoms with Crippen LogP contribution in [0.5, 0.6) is 0 Å². The van der Waals surface area contributed by atoms with Crippen molar-refractivity contribution in [3.8, 4) is 0 Å². The van der Waals surface area contributed by atoms with E-state index in [1.807, 2.05) is 43.3 Å². The predicted molar refractivity (Wildman–Crippen MR) is 86.1 cm³/mol. The molecule has 1 amide bonds. The van der Waals surface area contributed by atoms with Crippen LogP contribution in [0.3, 0.4) is 0 Å². The lowest BCUT2D eigenvalue weighted by Crippen LogP contribution is -2.35. The standard InChI is InChI=1S/C19H17NO2/c1-12-16-8-4-5-9-17(16)22-18(12)19(21)20-15-10-13-6-2-3-7-14(13)11-15/h2-9,15H,10-11H2,1H3,(H,20,21). The Morgan fingerprint density at radius 1 is 1.05 bits per heavy atom. The van der Waals surface area contributed by atoms with Crippen molar-refractivity contribution < 1.29 is 9.21 Å². The minimum Gasteiger partial charge on any atom is -0.451 e. The molecule has 0 saturated carbocycles. The number of nitrogens with one attached hydrogen (secondary N) is 1. The van der Waals surface area contributed by atoms with Gasteiger partial charge in [-0.05, 0) is 37.0 Å². The van der Waals surface area contributed by atoms with E-state index in [0.29, 0.717) is 5.76 Å². The van der Waals surface area contributed by atoms with Gasteiger partial charge in [0.2, 0.25) is 0 Å². The van der Waals surface area contributed by atoms with Crippen LogP contribution in [0, 0.1) is 6.92 Å². The molecular formula is C19H17NO2. The van der Waals surface area contributed by atoms with E-state index in [4.69, 9.17) is 4.42 Å². The van der Waals surface area contributed by atoms with Gasteiger partial charge in [0.1, 0.15) is 5.58 Å². The minimum absolute atomic E-state index is 0.119. The smallest absolute Gasteiger partial charge is 0.287 e. The summed E-state index contributed by atoms with van der Waals surface area (Å²) in [5.41, 5.74) is 4.33. The molecule has 1 N–H and O–H groups in total. The zero-order valence-corrected chi connectivity index (χ0v) is 12.4. The molecule has 0 radical (unpaired) electrons. The van der Waals surface area contributed by atoms with Crippen LogP contribution in [-0.4, -0.2) is 11.9 Å². The topological polar surface area (TPSA) is 42.2 Å². The average Bonchev–Trinajstić information content (AvgIpc) is 3.08. The number of para-hydroxylation sites is 1. The number of hydrogen-bond donors (Lipinski definition) is 1. The highest BCUT2D eigenvalue weighted by Crippen LogP contribution is 2.26. The lowest BCUT2D eigenvalue weighted by Gasteiger charge is -2.10. The number of hydrogen-bond acceptors (Lipinski definition) is 2.